The summed E-state index contributed by atoms with van der Waals surface area (Å²) < 4.78 is 21.4. The van der Waals surface area contributed by atoms with Crippen molar-refractivity contribution in [3.63, 3.8) is 0 Å². The molecule has 4 unspecified atom stereocenters. The van der Waals surface area contributed by atoms with Gasteiger partial charge in [-0.25, -0.2) is 0 Å². The molecular weight excluding hydrogens is 620 g/mol. The van der Waals surface area contributed by atoms with Crippen LogP contribution in [0.5, 0.6) is 11.5 Å². The molecule has 0 saturated carbocycles. The molecule has 2 aliphatic heterocycles. The zero-order valence-electron chi connectivity index (χ0n) is 28.1. The SMILES string of the molecule is CC(=O)NC12C(=O)c3ccccc3C1(OC13Oc4cc(C(C)C)ccc4C1(NC(C)=O)C(=O)c1ccccc13)Oc1cc(C(C)C)ccc12. The molecule has 2 amide bonds. The first kappa shape index (κ1) is 31.0. The Morgan fingerprint density at radius 1 is 0.592 bits per heavy atom. The molecule has 2 N–H and O–H groups in total. The van der Waals surface area contributed by atoms with Crippen LogP contribution in [0.3, 0.4) is 0 Å². The Morgan fingerprint density at radius 3 is 1.35 bits per heavy atom. The van der Waals surface area contributed by atoms with Gasteiger partial charge in [-0.3, -0.25) is 23.9 Å². The van der Waals surface area contributed by atoms with Crippen LogP contribution in [0.15, 0.2) is 84.9 Å². The van der Waals surface area contributed by atoms with Crippen molar-refractivity contribution in [2.75, 3.05) is 0 Å². The van der Waals surface area contributed by atoms with Gasteiger partial charge in [0, 0.05) is 47.2 Å². The molecule has 0 saturated heterocycles. The lowest BCUT2D eigenvalue weighted by molar-refractivity contribution is -0.346. The summed E-state index contributed by atoms with van der Waals surface area (Å²) in [6, 6.07) is 24.9. The van der Waals surface area contributed by atoms with E-state index in [0.29, 0.717) is 33.8 Å². The van der Waals surface area contributed by atoms with E-state index in [1.54, 1.807) is 60.7 Å². The van der Waals surface area contributed by atoms with E-state index in [-0.39, 0.29) is 23.0 Å². The zero-order chi connectivity index (χ0) is 34.7. The third-order valence-electron chi connectivity index (χ3n) is 10.4. The number of ether oxygens (including phenoxy) is 3. The van der Waals surface area contributed by atoms with Gasteiger partial charge in [0.25, 0.3) is 11.6 Å². The Morgan fingerprint density at radius 2 is 0.980 bits per heavy atom. The Hall–Kier alpha value is -5.28. The maximum Gasteiger partial charge on any atom is 0.277 e. The van der Waals surface area contributed by atoms with Crippen LogP contribution >= 0.6 is 0 Å². The summed E-state index contributed by atoms with van der Waals surface area (Å²) in [5.41, 5.74) is 0.129. The molecule has 248 valence electrons. The van der Waals surface area contributed by atoms with E-state index in [1.165, 1.54) is 13.8 Å². The van der Waals surface area contributed by atoms with Crippen LogP contribution in [0.4, 0.5) is 0 Å². The van der Waals surface area contributed by atoms with Crippen molar-refractivity contribution >= 4 is 23.4 Å². The molecule has 2 heterocycles. The quantitative estimate of drug-likeness (QED) is 0.254. The first-order valence-electron chi connectivity index (χ1n) is 16.6. The third-order valence-corrected chi connectivity index (χ3v) is 10.4. The number of carbonyl (C=O) groups is 4. The van der Waals surface area contributed by atoms with Gasteiger partial charge in [0.1, 0.15) is 11.5 Å². The van der Waals surface area contributed by atoms with Crippen molar-refractivity contribution in [3.05, 3.63) is 129 Å². The lowest BCUT2D eigenvalue weighted by Gasteiger charge is -2.46. The van der Waals surface area contributed by atoms with Crippen LogP contribution < -0.4 is 20.1 Å². The zero-order valence-corrected chi connectivity index (χ0v) is 28.1. The summed E-state index contributed by atoms with van der Waals surface area (Å²) >= 11 is 0. The number of rotatable bonds is 6. The molecule has 4 aliphatic rings. The van der Waals surface area contributed by atoms with Gasteiger partial charge in [0.15, 0.2) is 0 Å². The number of fused-ring (bicyclic) bond motifs is 10. The Kier molecular flexibility index (Phi) is 6.41. The van der Waals surface area contributed by atoms with Gasteiger partial charge in [0.2, 0.25) is 34.5 Å². The maximum atomic E-state index is 14.9. The highest BCUT2D eigenvalue weighted by atomic mass is 16.8. The lowest BCUT2D eigenvalue weighted by atomic mass is 9.79. The summed E-state index contributed by atoms with van der Waals surface area (Å²) in [6.07, 6.45) is 0. The smallest absolute Gasteiger partial charge is 0.277 e. The number of ketones is 2. The third kappa shape index (κ3) is 3.68. The summed E-state index contributed by atoms with van der Waals surface area (Å²) in [5.74, 6) is -5.11. The number of Topliss-reactive ketones (excluding diaryl/α,β-unsaturated/α-hetero) is 2. The van der Waals surface area contributed by atoms with Crippen molar-refractivity contribution in [2.45, 2.75) is 76.0 Å². The van der Waals surface area contributed by atoms with Crippen molar-refractivity contribution in [2.24, 2.45) is 0 Å². The van der Waals surface area contributed by atoms with Gasteiger partial charge in [-0.15, -0.1) is 0 Å². The van der Waals surface area contributed by atoms with Gasteiger partial charge in [0.05, 0.1) is 0 Å². The lowest BCUT2D eigenvalue weighted by Crippen LogP contribution is -2.68. The monoisotopic (exact) mass is 656 g/mol. The minimum absolute atomic E-state index is 0.124. The van der Waals surface area contributed by atoms with Crippen molar-refractivity contribution in [1.29, 1.82) is 0 Å². The average molecular weight is 657 g/mol. The van der Waals surface area contributed by atoms with Crippen LogP contribution in [0.25, 0.3) is 0 Å². The van der Waals surface area contributed by atoms with Gasteiger partial charge >= 0.3 is 0 Å². The van der Waals surface area contributed by atoms with Crippen LogP contribution in [0.1, 0.15) is 107 Å². The topological polar surface area (TPSA) is 120 Å². The van der Waals surface area contributed by atoms with Crippen molar-refractivity contribution in [1.82, 2.24) is 10.6 Å². The molecule has 4 aromatic rings. The summed E-state index contributed by atoms with van der Waals surface area (Å²) in [7, 11) is 0. The molecule has 4 atom stereocenters. The second-order valence-corrected chi connectivity index (χ2v) is 14.0. The highest BCUT2D eigenvalue weighted by molar-refractivity contribution is 6.13. The number of amides is 2. The van der Waals surface area contributed by atoms with E-state index in [1.807, 2.05) is 52.0 Å². The van der Waals surface area contributed by atoms with Crippen LogP contribution in [-0.2, 0) is 37.0 Å². The molecular formula is C40H36N2O7. The standard InChI is InChI=1S/C40H36N2O7/c1-21(2)25-15-17-31-33(19-25)47-39(29-13-9-7-11-27(29)35(45)37(31,39)41-23(5)43)49-40-30-14-10-8-12-28(30)36(46)38(40,42-24(6)44)32-18-16-26(22(3)4)20-34(32)48-40/h7-22H,1-6H3,(H,41,43)(H,42,44). The van der Waals surface area contributed by atoms with Crippen molar-refractivity contribution in [3.8, 4) is 11.5 Å². The summed E-state index contributed by atoms with van der Waals surface area (Å²) in [6.45, 7) is 10.9. The van der Waals surface area contributed by atoms with E-state index in [4.69, 9.17) is 14.2 Å². The fourth-order valence-electron chi connectivity index (χ4n) is 8.25. The normalized spacial score (nSPS) is 26.7. The molecule has 0 spiro atoms. The molecule has 2 aliphatic carbocycles. The minimum Gasteiger partial charge on any atom is -0.454 e. The van der Waals surface area contributed by atoms with Gasteiger partial charge in [-0.1, -0.05) is 100 Å². The van der Waals surface area contributed by atoms with Crippen molar-refractivity contribution < 1.29 is 33.4 Å². The maximum absolute atomic E-state index is 14.9. The summed E-state index contributed by atoms with van der Waals surface area (Å²) in [5, 5.41) is 5.96. The molecule has 0 bridgehead atoms. The van der Waals surface area contributed by atoms with Crippen LogP contribution in [-0.4, -0.2) is 23.4 Å². The largest absolute Gasteiger partial charge is 0.454 e. The highest BCUT2D eigenvalue weighted by Crippen LogP contribution is 2.67. The fraction of sp³-hybridized carbons (Fsp3) is 0.300. The Bertz CT molecular complexity index is 2000. The number of carbonyl (C=O) groups excluding carboxylic acids is 4. The van der Waals surface area contributed by atoms with E-state index < -0.39 is 46.0 Å². The Balaban J connectivity index is 1.47. The van der Waals surface area contributed by atoms with E-state index in [2.05, 4.69) is 10.6 Å². The molecule has 0 radical (unpaired) electrons. The highest BCUT2D eigenvalue weighted by Gasteiger charge is 2.81. The first-order valence-corrected chi connectivity index (χ1v) is 16.6. The van der Waals surface area contributed by atoms with E-state index in [9.17, 15) is 19.2 Å². The molecule has 0 aromatic heterocycles. The predicted octanol–water partition coefficient (Wildman–Crippen LogP) is 6.20. The molecule has 0 fully saturated rings. The second-order valence-electron chi connectivity index (χ2n) is 14.0. The number of nitrogens with one attached hydrogen (secondary N) is 2. The van der Waals surface area contributed by atoms with Gasteiger partial charge < -0.3 is 20.1 Å². The average Bonchev–Trinajstić information content (AvgIpc) is 3.63. The number of benzene rings is 4. The molecule has 9 nitrogen and oxygen atoms in total. The van der Waals surface area contributed by atoms with Gasteiger partial charge in [-0.2, -0.15) is 0 Å². The molecule has 49 heavy (non-hydrogen) atoms. The number of hydrogen-bond donors (Lipinski definition) is 2. The predicted molar refractivity (Wildman–Crippen MR) is 179 cm³/mol. The minimum atomic E-state index is -2.09. The number of hydrogen-bond acceptors (Lipinski definition) is 7. The first-order chi connectivity index (χ1) is 23.3. The van der Waals surface area contributed by atoms with Crippen LogP contribution in [0.2, 0.25) is 0 Å². The van der Waals surface area contributed by atoms with E-state index in [0.717, 1.165) is 11.1 Å². The molecule has 4 aromatic carbocycles. The summed E-state index contributed by atoms with van der Waals surface area (Å²) in [4.78, 5) is 56.4. The van der Waals surface area contributed by atoms with E-state index >= 15 is 0 Å². The second kappa shape index (κ2) is 10.1. The van der Waals surface area contributed by atoms with Crippen LogP contribution in [0, 0.1) is 0 Å². The molecule has 8 rings (SSSR count). The fourth-order valence-corrected chi connectivity index (χ4v) is 8.25. The van der Waals surface area contributed by atoms with Gasteiger partial charge in [-0.05, 0) is 35.1 Å². The Labute approximate surface area is 284 Å². The molecule has 9 heteroatoms.